The largest absolute Gasteiger partial charge is 0.379 e. The zero-order valence-corrected chi connectivity index (χ0v) is 9.49. The minimum atomic E-state index is 0.182. The van der Waals surface area contributed by atoms with Gasteiger partial charge >= 0.3 is 0 Å². The van der Waals surface area contributed by atoms with Crippen LogP contribution in [0, 0.1) is 6.92 Å². The van der Waals surface area contributed by atoms with Gasteiger partial charge in [0.1, 0.15) is 0 Å². The highest BCUT2D eigenvalue weighted by Gasteiger charge is 2.40. The van der Waals surface area contributed by atoms with Crippen LogP contribution >= 0.6 is 0 Å². The zero-order chi connectivity index (χ0) is 10.9. The number of hydrogen-bond acceptors (Lipinski definition) is 2. The summed E-state index contributed by atoms with van der Waals surface area (Å²) in [6, 6.07) is 8.98. The molecule has 2 rings (SSSR count). The average Bonchev–Trinajstić information content (AvgIpc) is 2.13. The van der Waals surface area contributed by atoms with E-state index < -0.39 is 0 Å². The number of nitrogens with two attached hydrogens (primary N) is 1. The van der Waals surface area contributed by atoms with Gasteiger partial charge in [-0.2, -0.15) is 0 Å². The van der Waals surface area contributed by atoms with E-state index in [-0.39, 0.29) is 11.5 Å². The lowest BCUT2D eigenvalue weighted by Crippen LogP contribution is -2.49. The lowest BCUT2D eigenvalue weighted by molar-refractivity contribution is -0.0665. The molecule has 1 heterocycles. The highest BCUT2D eigenvalue weighted by atomic mass is 16.5. The van der Waals surface area contributed by atoms with E-state index in [4.69, 9.17) is 10.5 Å². The van der Waals surface area contributed by atoms with Crippen LogP contribution in [0.4, 0.5) is 0 Å². The van der Waals surface area contributed by atoms with Gasteiger partial charge in [-0.25, -0.2) is 0 Å². The monoisotopic (exact) mass is 205 g/mol. The van der Waals surface area contributed by atoms with Crippen molar-refractivity contribution in [3.63, 3.8) is 0 Å². The van der Waals surface area contributed by atoms with E-state index in [9.17, 15) is 0 Å². The van der Waals surface area contributed by atoms with Gasteiger partial charge in [0, 0.05) is 11.5 Å². The third kappa shape index (κ3) is 2.06. The van der Waals surface area contributed by atoms with Crippen LogP contribution in [-0.4, -0.2) is 19.3 Å². The number of aryl methyl sites for hydroxylation is 1. The molecule has 0 aliphatic carbocycles. The molecule has 0 spiro atoms. The second-order valence-electron chi connectivity index (χ2n) is 4.82. The molecule has 1 aromatic rings. The van der Waals surface area contributed by atoms with Crippen LogP contribution in [-0.2, 0) is 10.2 Å². The van der Waals surface area contributed by atoms with Gasteiger partial charge in [0.25, 0.3) is 0 Å². The Hall–Kier alpha value is -0.860. The van der Waals surface area contributed by atoms with Gasteiger partial charge in [-0.1, -0.05) is 29.8 Å². The maximum absolute atomic E-state index is 5.90. The van der Waals surface area contributed by atoms with E-state index in [0.29, 0.717) is 0 Å². The smallest absolute Gasteiger partial charge is 0.0586 e. The molecule has 0 saturated carbocycles. The highest BCUT2D eigenvalue weighted by Crippen LogP contribution is 2.36. The molecule has 0 amide bonds. The fourth-order valence-corrected chi connectivity index (χ4v) is 2.27. The Morgan fingerprint density at radius 3 is 2.33 bits per heavy atom. The zero-order valence-electron chi connectivity index (χ0n) is 9.49. The van der Waals surface area contributed by atoms with Crippen molar-refractivity contribution in [3.05, 3.63) is 35.4 Å². The number of hydrogen-bond donors (Lipinski definition) is 1. The fraction of sp³-hybridized carbons (Fsp3) is 0.538. The molecule has 1 unspecified atom stereocenters. The summed E-state index contributed by atoms with van der Waals surface area (Å²) in [6.07, 6.45) is 1.01. The molecule has 0 bridgehead atoms. The lowest BCUT2D eigenvalue weighted by atomic mass is 9.74. The second-order valence-corrected chi connectivity index (χ2v) is 4.82. The van der Waals surface area contributed by atoms with Crippen molar-refractivity contribution in [1.82, 2.24) is 0 Å². The Bertz CT molecular complexity index is 325. The van der Waals surface area contributed by atoms with E-state index >= 15 is 0 Å². The molecule has 82 valence electrons. The van der Waals surface area contributed by atoms with Crippen LogP contribution in [0.2, 0.25) is 0 Å². The molecule has 2 N–H and O–H groups in total. The predicted octanol–water partition coefficient (Wildman–Crippen LogP) is 2.00. The molecular weight excluding hydrogens is 186 g/mol. The molecule has 1 fully saturated rings. The first-order valence-corrected chi connectivity index (χ1v) is 5.53. The van der Waals surface area contributed by atoms with E-state index in [0.717, 1.165) is 19.6 Å². The first-order chi connectivity index (χ1) is 7.12. The summed E-state index contributed by atoms with van der Waals surface area (Å²) < 4.78 is 5.37. The Morgan fingerprint density at radius 2 is 1.93 bits per heavy atom. The average molecular weight is 205 g/mol. The molecule has 2 nitrogen and oxygen atoms in total. The van der Waals surface area contributed by atoms with Crippen molar-refractivity contribution < 1.29 is 4.74 Å². The van der Waals surface area contributed by atoms with Crippen LogP contribution in [0.25, 0.3) is 0 Å². The van der Waals surface area contributed by atoms with Crippen molar-refractivity contribution in [3.8, 4) is 0 Å². The topological polar surface area (TPSA) is 35.2 Å². The third-order valence-electron chi connectivity index (χ3n) is 3.13. The molecule has 1 aliphatic rings. The van der Waals surface area contributed by atoms with Crippen molar-refractivity contribution in [2.75, 3.05) is 13.2 Å². The van der Waals surface area contributed by atoms with Gasteiger partial charge in [-0.15, -0.1) is 0 Å². The first-order valence-electron chi connectivity index (χ1n) is 5.53. The van der Waals surface area contributed by atoms with Crippen LogP contribution in [0.3, 0.4) is 0 Å². The number of ether oxygens (including phenoxy) is 1. The van der Waals surface area contributed by atoms with Gasteiger partial charge in [-0.3, -0.25) is 0 Å². The maximum atomic E-state index is 5.90. The van der Waals surface area contributed by atoms with Crippen LogP contribution in [0.15, 0.2) is 24.3 Å². The highest BCUT2D eigenvalue weighted by molar-refractivity contribution is 5.31. The summed E-state index contributed by atoms with van der Waals surface area (Å²) in [6.45, 7) is 5.81. The van der Waals surface area contributed by atoms with Crippen LogP contribution in [0.1, 0.15) is 24.5 Å². The van der Waals surface area contributed by atoms with Gasteiger partial charge in [-0.05, 0) is 25.8 Å². The normalized spacial score (nSPS) is 20.7. The molecule has 1 saturated heterocycles. The predicted molar refractivity (Wildman–Crippen MR) is 61.9 cm³/mol. The molecular formula is C13H19NO. The molecule has 1 atom stereocenters. The van der Waals surface area contributed by atoms with Crippen molar-refractivity contribution in [2.24, 2.45) is 5.73 Å². The van der Waals surface area contributed by atoms with Crippen molar-refractivity contribution in [2.45, 2.75) is 31.7 Å². The Labute approximate surface area is 91.4 Å². The molecule has 2 heteroatoms. The van der Waals surface area contributed by atoms with Gasteiger partial charge in [0.05, 0.1) is 13.2 Å². The number of benzene rings is 1. The summed E-state index contributed by atoms with van der Waals surface area (Å²) in [7, 11) is 0. The summed E-state index contributed by atoms with van der Waals surface area (Å²) in [5.41, 5.74) is 8.75. The van der Waals surface area contributed by atoms with E-state index in [1.807, 2.05) is 0 Å². The fourth-order valence-electron chi connectivity index (χ4n) is 2.27. The minimum Gasteiger partial charge on any atom is -0.379 e. The van der Waals surface area contributed by atoms with E-state index in [1.54, 1.807) is 0 Å². The molecule has 1 aromatic carbocycles. The van der Waals surface area contributed by atoms with Crippen LogP contribution < -0.4 is 5.73 Å². The summed E-state index contributed by atoms with van der Waals surface area (Å²) >= 11 is 0. The van der Waals surface area contributed by atoms with Gasteiger partial charge in [0.2, 0.25) is 0 Å². The Morgan fingerprint density at radius 1 is 1.33 bits per heavy atom. The molecule has 0 radical (unpaired) electrons. The number of rotatable bonds is 3. The van der Waals surface area contributed by atoms with Crippen LogP contribution in [0.5, 0.6) is 0 Å². The Kier molecular flexibility index (Phi) is 2.81. The first kappa shape index (κ1) is 10.7. The molecule has 15 heavy (non-hydrogen) atoms. The van der Waals surface area contributed by atoms with Crippen molar-refractivity contribution in [1.29, 1.82) is 0 Å². The van der Waals surface area contributed by atoms with Crippen molar-refractivity contribution >= 4 is 0 Å². The molecule has 1 aliphatic heterocycles. The molecule has 0 aromatic heterocycles. The summed E-state index contributed by atoms with van der Waals surface area (Å²) in [5.74, 6) is 0. The lowest BCUT2D eigenvalue weighted by Gasteiger charge is -2.43. The maximum Gasteiger partial charge on any atom is 0.0586 e. The third-order valence-corrected chi connectivity index (χ3v) is 3.13. The second kappa shape index (κ2) is 3.95. The SMILES string of the molecule is Cc1ccc(C2(CC(C)N)COC2)cc1. The van der Waals surface area contributed by atoms with E-state index in [2.05, 4.69) is 38.1 Å². The minimum absolute atomic E-state index is 0.182. The standard InChI is InChI=1S/C13H19NO/c1-10-3-5-12(6-4-10)13(7-11(2)14)8-15-9-13/h3-6,11H,7-9,14H2,1-2H3. The van der Waals surface area contributed by atoms with E-state index in [1.165, 1.54) is 11.1 Å². The summed E-state index contributed by atoms with van der Waals surface area (Å²) in [5, 5.41) is 0. The van der Waals surface area contributed by atoms with Gasteiger partial charge in [0.15, 0.2) is 0 Å². The quantitative estimate of drug-likeness (QED) is 0.819. The summed E-state index contributed by atoms with van der Waals surface area (Å²) in [4.78, 5) is 0. The Balaban J connectivity index is 2.22. The van der Waals surface area contributed by atoms with Gasteiger partial charge < -0.3 is 10.5 Å².